The van der Waals surface area contributed by atoms with E-state index in [2.05, 4.69) is 42.2 Å². The van der Waals surface area contributed by atoms with Gasteiger partial charge in [0.05, 0.1) is 11.0 Å². The number of aromatic nitrogens is 2. The Morgan fingerprint density at radius 1 is 1.38 bits per heavy atom. The third-order valence-electron chi connectivity index (χ3n) is 4.13. The Balaban J connectivity index is 1.83. The van der Waals surface area contributed by atoms with Crippen molar-refractivity contribution in [2.24, 2.45) is 12.9 Å². The summed E-state index contributed by atoms with van der Waals surface area (Å²) in [5.74, 6) is 9.40. The molecular weight excluding hydrogens is 300 g/mol. The van der Waals surface area contributed by atoms with Gasteiger partial charge in [0.1, 0.15) is 5.82 Å². The van der Waals surface area contributed by atoms with Crippen LogP contribution >= 0.6 is 23.5 Å². The minimum Gasteiger partial charge on any atom is -0.331 e. The third kappa shape index (κ3) is 3.08. The van der Waals surface area contributed by atoms with E-state index in [9.17, 15) is 0 Å². The molecule has 1 aromatic carbocycles. The number of aryl methyl sites for hydroxylation is 1. The number of rotatable bonds is 4. The van der Waals surface area contributed by atoms with Crippen LogP contribution in [0.5, 0.6) is 0 Å². The zero-order valence-corrected chi connectivity index (χ0v) is 14.1. The van der Waals surface area contributed by atoms with Gasteiger partial charge in [-0.3, -0.25) is 11.3 Å². The Kier molecular flexibility index (Phi) is 4.78. The second-order valence-electron chi connectivity index (χ2n) is 5.46. The first-order valence-electron chi connectivity index (χ1n) is 7.30. The van der Waals surface area contributed by atoms with Crippen molar-refractivity contribution in [1.29, 1.82) is 0 Å². The molecule has 0 bridgehead atoms. The first kappa shape index (κ1) is 15.2. The highest BCUT2D eigenvalue weighted by molar-refractivity contribution is 8.07. The molecule has 0 spiro atoms. The number of hydrogen-bond donors (Lipinski definition) is 2. The van der Waals surface area contributed by atoms with Gasteiger partial charge in [0.2, 0.25) is 0 Å². The molecule has 1 saturated heterocycles. The SMILES string of the molecule is CC1SCCSC1C(Cc1nc2ccccc2n1C)NN. The predicted octanol–water partition coefficient (Wildman–Crippen LogP) is 2.18. The standard InChI is InChI=1S/C15H22N4S2/c1-10-15(21-8-7-20-10)12(18-16)9-14-17-11-5-3-4-6-13(11)19(14)2/h3-6,10,12,15,18H,7-9,16H2,1-2H3. The van der Waals surface area contributed by atoms with Gasteiger partial charge in [0, 0.05) is 41.5 Å². The molecular formula is C15H22N4S2. The molecule has 1 aromatic heterocycles. The maximum atomic E-state index is 5.85. The average molecular weight is 323 g/mol. The third-order valence-corrected chi connectivity index (χ3v) is 7.38. The van der Waals surface area contributed by atoms with Crippen LogP contribution in [0.15, 0.2) is 24.3 Å². The Bertz CT molecular complexity index is 613. The van der Waals surface area contributed by atoms with Crippen molar-refractivity contribution >= 4 is 34.6 Å². The molecule has 2 heterocycles. The van der Waals surface area contributed by atoms with Crippen LogP contribution in [0.3, 0.4) is 0 Å². The van der Waals surface area contributed by atoms with Gasteiger partial charge in [0.15, 0.2) is 0 Å². The van der Waals surface area contributed by atoms with Gasteiger partial charge in [-0.25, -0.2) is 4.98 Å². The molecule has 3 rings (SSSR count). The van der Waals surface area contributed by atoms with Crippen molar-refractivity contribution in [2.75, 3.05) is 11.5 Å². The predicted molar refractivity (Wildman–Crippen MR) is 93.7 cm³/mol. The van der Waals surface area contributed by atoms with E-state index in [4.69, 9.17) is 10.8 Å². The first-order chi connectivity index (χ1) is 10.2. The molecule has 6 heteroatoms. The van der Waals surface area contributed by atoms with Crippen molar-refractivity contribution in [3.05, 3.63) is 30.1 Å². The topological polar surface area (TPSA) is 55.9 Å². The minimum atomic E-state index is 0.258. The van der Waals surface area contributed by atoms with Crippen LogP contribution in [0.25, 0.3) is 11.0 Å². The van der Waals surface area contributed by atoms with Crippen LogP contribution in [-0.2, 0) is 13.5 Å². The number of para-hydroxylation sites is 2. The average Bonchev–Trinajstić information content (AvgIpc) is 2.82. The summed E-state index contributed by atoms with van der Waals surface area (Å²) < 4.78 is 2.19. The summed E-state index contributed by atoms with van der Waals surface area (Å²) in [6.45, 7) is 2.31. The Hall–Kier alpha value is -0.690. The lowest BCUT2D eigenvalue weighted by Gasteiger charge is -2.33. The fraction of sp³-hybridized carbons (Fsp3) is 0.533. The van der Waals surface area contributed by atoms with E-state index in [-0.39, 0.29) is 6.04 Å². The normalized spacial score (nSPS) is 24.3. The van der Waals surface area contributed by atoms with E-state index in [0.717, 1.165) is 17.8 Å². The lowest BCUT2D eigenvalue weighted by atomic mass is 10.1. The lowest BCUT2D eigenvalue weighted by molar-refractivity contribution is 0.487. The van der Waals surface area contributed by atoms with Crippen LogP contribution < -0.4 is 11.3 Å². The Labute approximate surface area is 134 Å². The molecule has 0 radical (unpaired) electrons. The fourth-order valence-electron chi connectivity index (χ4n) is 2.94. The highest BCUT2D eigenvalue weighted by Crippen LogP contribution is 2.33. The number of fused-ring (bicyclic) bond motifs is 1. The molecule has 3 unspecified atom stereocenters. The zero-order valence-electron chi connectivity index (χ0n) is 12.5. The maximum Gasteiger partial charge on any atom is 0.111 e. The number of imidazole rings is 1. The Morgan fingerprint density at radius 3 is 2.86 bits per heavy atom. The molecule has 21 heavy (non-hydrogen) atoms. The van der Waals surface area contributed by atoms with Crippen molar-refractivity contribution in [1.82, 2.24) is 15.0 Å². The Morgan fingerprint density at radius 2 is 2.14 bits per heavy atom. The largest absolute Gasteiger partial charge is 0.331 e. The molecule has 3 atom stereocenters. The van der Waals surface area contributed by atoms with Gasteiger partial charge in [0.25, 0.3) is 0 Å². The highest BCUT2D eigenvalue weighted by Gasteiger charge is 2.30. The van der Waals surface area contributed by atoms with Gasteiger partial charge < -0.3 is 4.57 Å². The molecule has 2 aromatic rings. The van der Waals surface area contributed by atoms with E-state index < -0.39 is 0 Å². The molecule has 0 amide bonds. The summed E-state index contributed by atoms with van der Waals surface area (Å²) in [5, 5.41) is 1.16. The fourth-order valence-corrected chi connectivity index (χ4v) is 5.88. The van der Waals surface area contributed by atoms with Crippen molar-refractivity contribution in [3.63, 3.8) is 0 Å². The molecule has 0 saturated carbocycles. The number of nitrogens with zero attached hydrogens (tertiary/aromatic N) is 2. The summed E-state index contributed by atoms with van der Waals surface area (Å²) in [4.78, 5) is 4.77. The molecule has 114 valence electrons. The van der Waals surface area contributed by atoms with E-state index in [1.54, 1.807) is 0 Å². The van der Waals surface area contributed by atoms with Crippen LogP contribution in [0.4, 0.5) is 0 Å². The smallest absolute Gasteiger partial charge is 0.111 e. The van der Waals surface area contributed by atoms with Gasteiger partial charge in [-0.2, -0.15) is 23.5 Å². The number of nitrogens with one attached hydrogen (secondary N) is 1. The second kappa shape index (κ2) is 6.60. The first-order valence-corrected chi connectivity index (χ1v) is 9.40. The van der Waals surface area contributed by atoms with Crippen LogP contribution in [0.2, 0.25) is 0 Å². The van der Waals surface area contributed by atoms with E-state index in [1.807, 2.05) is 29.6 Å². The van der Waals surface area contributed by atoms with Gasteiger partial charge >= 0.3 is 0 Å². The highest BCUT2D eigenvalue weighted by atomic mass is 32.2. The molecule has 1 fully saturated rings. The minimum absolute atomic E-state index is 0.258. The van der Waals surface area contributed by atoms with E-state index in [1.165, 1.54) is 17.0 Å². The lowest BCUT2D eigenvalue weighted by Crippen LogP contribution is -2.49. The maximum absolute atomic E-state index is 5.85. The van der Waals surface area contributed by atoms with E-state index in [0.29, 0.717) is 10.5 Å². The summed E-state index contributed by atoms with van der Waals surface area (Å²) in [5.41, 5.74) is 5.28. The molecule has 1 aliphatic heterocycles. The quantitative estimate of drug-likeness (QED) is 0.667. The second-order valence-corrected chi connectivity index (χ2v) is 8.24. The summed E-state index contributed by atoms with van der Waals surface area (Å²) in [6, 6.07) is 8.53. The number of hydrazine groups is 1. The summed E-state index contributed by atoms with van der Waals surface area (Å²) in [7, 11) is 2.09. The molecule has 3 N–H and O–H groups in total. The number of nitrogens with two attached hydrogens (primary N) is 1. The number of benzene rings is 1. The van der Waals surface area contributed by atoms with E-state index >= 15 is 0 Å². The molecule has 0 aliphatic carbocycles. The summed E-state index contributed by atoms with van der Waals surface area (Å²) in [6.07, 6.45) is 0.865. The van der Waals surface area contributed by atoms with Gasteiger partial charge in [-0.1, -0.05) is 19.1 Å². The molecule has 1 aliphatic rings. The van der Waals surface area contributed by atoms with Crippen molar-refractivity contribution in [2.45, 2.75) is 29.9 Å². The van der Waals surface area contributed by atoms with Crippen molar-refractivity contribution in [3.8, 4) is 0 Å². The van der Waals surface area contributed by atoms with Crippen LogP contribution in [0.1, 0.15) is 12.7 Å². The van der Waals surface area contributed by atoms with Crippen LogP contribution in [0, 0.1) is 0 Å². The van der Waals surface area contributed by atoms with Crippen LogP contribution in [-0.4, -0.2) is 37.6 Å². The van der Waals surface area contributed by atoms with Gasteiger partial charge in [-0.05, 0) is 12.1 Å². The number of thioether (sulfide) groups is 2. The molecule has 4 nitrogen and oxygen atoms in total. The zero-order chi connectivity index (χ0) is 14.8. The van der Waals surface area contributed by atoms with Crippen molar-refractivity contribution < 1.29 is 0 Å². The summed E-state index contributed by atoms with van der Waals surface area (Å²) >= 11 is 4.08. The van der Waals surface area contributed by atoms with Gasteiger partial charge in [-0.15, -0.1) is 0 Å². The number of hydrogen-bond acceptors (Lipinski definition) is 5. The monoisotopic (exact) mass is 322 g/mol.